The van der Waals surface area contributed by atoms with Gasteiger partial charge >= 0.3 is 0 Å². The average molecular weight is 700 g/mol. The van der Waals surface area contributed by atoms with E-state index in [1.54, 1.807) is 0 Å². The number of nitrogens with zero attached hydrogens (tertiary/aromatic N) is 5. The second-order valence-corrected chi connectivity index (χ2v) is 14.0. The molecule has 8 aromatic carbocycles. The van der Waals surface area contributed by atoms with Crippen LogP contribution in [0.3, 0.4) is 0 Å². The Labute approximate surface area is 316 Å². The number of fused-ring (bicyclic) bond motifs is 9. The fourth-order valence-electron chi connectivity index (χ4n) is 8.77. The SMILES string of the molecule is N#Cc1ccc(-n2c3ccc(C#N)cc3c3c(-n4c5ccccc5c5ccccc54)cccc32)c(-c2ccc(-n3c4ccccc4c4ccccc43)cc2)c1. The lowest BCUT2D eigenvalue weighted by Crippen LogP contribution is -1.99. The molecule has 0 unspecified atom stereocenters. The molecule has 55 heavy (non-hydrogen) atoms. The highest BCUT2D eigenvalue weighted by atomic mass is 15.0. The van der Waals surface area contributed by atoms with Crippen LogP contribution in [0.25, 0.3) is 93.6 Å². The Balaban J connectivity index is 1.17. The van der Waals surface area contributed by atoms with Crippen molar-refractivity contribution in [3.8, 4) is 40.3 Å². The van der Waals surface area contributed by atoms with E-state index in [9.17, 15) is 10.5 Å². The number of hydrogen-bond donors (Lipinski definition) is 0. The molecule has 0 saturated heterocycles. The van der Waals surface area contributed by atoms with Crippen LogP contribution in [0.5, 0.6) is 0 Å². The molecule has 11 aromatic rings. The van der Waals surface area contributed by atoms with Gasteiger partial charge in [-0.2, -0.15) is 10.5 Å². The van der Waals surface area contributed by atoms with Gasteiger partial charge in [-0.05, 0) is 90.5 Å². The third-order valence-corrected chi connectivity index (χ3v) is 11.1. The Morgan fingerprint density at radius 2 is 0.818 bits per heavy atom. The van der Waals surface area contributed by atoms with Crippen LogP contribution in [0, 0.1) is 22.7 Å². The minimum absolute atomic E-state index is 0.587. The zero-order valence-corrected chi connectivity index (χ0v) is 29.5. The van der Waals surface area contributed by atoms with Crippen molar-refractivity contribution in [1.82, 2.24) is 13.7 Å². The third-order valence-electron chi connectivity index (χ3n) is 11.1. The maximum atomic E-state index is 10.1. The van der Waals surface area contributed by atoms with Crippen molar-refractivity contribution in [3.63, 3.8) is 0 Å². The third kappa shape index (κ3) is 4.45. The highest BCUT2D eigenvalue weighted by Gasteiger charge is 2.22. The van der Waals surface area contributed by atoms with Crippen molar-refractivity contribution >= 4 is 65.4 Å². The monoisotopic (exact) mass is 699 g/mol. The number of benzene rings is 8. The summed E-state index contributed by atoms with van der Waals surface area (Å²) in [5, 5.41) is 27.1. The quantitative estimate of drug-likeness (QED) is 0.184. The van der Waals surface area contributed by atoms with Crippen LogP contribution in [0.15, 0.2) is 176 Å². The van der Waals surface area contributed by atoms with E-state index in [4.69, 9.17) is 0 Å². The second kappa shape index (κ2) is 11.8. The van der Waals surface area contributed by atoms with Gasteiger partial charge < -0.3 is 13.7 Å². The molecule has 3 heterocycles. The van der Waals surface area contributed by atoms with Crippen molar-refractivity contribution in [2.75, 3.05) is 0 Å². The van der Waals surface area contributed by atoms with Gasteiger partial charge in [0.05, 0.1) is 67.7 Å². The van der Waals surface area contributed by atoms with Crippen molar-refractivity contribution in [2.24, 2.45) is 0 Å². The van der Waals surface area contributed by atoms with Gasteiger partial charge in [0, 0.05) is 43.6 Å². The van der Waals surface area contributed by atoms with Crippen LogP contribution in [-0.4, -0.2) is 13.7 Å². The second-order valence-electron chi connectivity index (χ2n) is 14.0. The smallest absolute Gasteiger partial charge is 0.0991 e. The molecule has 0 spiro atoms. The maximum absolute atomic E-state index is 10.1. The van der Waals surface area contributed by atoms with E-state index in [0.29, 0.717) is 11.1 Å². The molecule has 0 bridgehead atoms. The van der Waals surface area contributed by atoms with Gasteiger partial charge in [-0.3, -0.25) is 0 Å². The summed E-state index contributed by atoms with van der Waals surface area (Å²) in [7, 11) is 0. The van der Waals surface area contributed by atoms with E-state index in [2.05, 4.69) is 177 Å². The summed E-state index contributed by atoms with van der Waals surface area (Å²) in [6.07, 6.45) is 0. The van der Waals surface area contributed by atoms with E-state index < -0.39 is 0 Å². The molecule has 5 nitrogen and oxygen atoms in total. The van der Waals surface area contributed by atoms with Gasteiger partial charge in [0.15, 0.2) is 0 Å². The summed E-state index contributed by atoms with van der Waals surface area (Å²) in [6, 6.07) is 65.9. The largest absolute Gasteiger partial charge is 0.309 e. The van der Waals surface area contributed by atoms with Gasteiger partial charge in [0.1, 0.15) is 0 Å². The van der Waals surface area contributed by atoms with Gasteiger partial charge in [-0.1, -0.05) is 91.0 Å². The van der Waals surface area contributed by atoms with Gasteiger partial charge in [0.2, 0.25) is 0 Å². The van der Waals surface area contributed by atoms with Crippen molar-refractivity contribution in [2.45, 2.75) is 0 Å². The number of para-hydroxylation sites is 4. The summed E-state index contributed by atoms with van der Waals surface area (Å²) >= 11 is 0. The molecule has 0 fully saturated rings. The van der Waals surface area contributed by atoms with Crippen LogP contribution in [0.1, 0.15) is 11.1 Å². The zero-order chi connectivity index (χ0) is 36.6. The van der Waals surface area contributed by atoms with Gasteiger partial charge in [-0.15, -0.1) is 0 Å². The number of nitriles is 2. The lowest BCUT2D eigenvalue weighted by Gasteiger charge is -2.16. The molecule has 3 aromatic heterocycles. The standard InChI is InChI=1S/C50H29N5/c51-30-32-20-26-46(40(28-32)34-22-24-35(25-23-34)53-42-14-5-1-10-36(42)37-11-2-6-15-43(37)53)55-47-27-21-33(31-52)29-41(47)50-48(18-9-19-49(50)55)54-44-16-7-3-12-38(44)39-13-4-8-17-45(39)54/h1-29H. The highest BCUT2D eigenvalue weighted by molar-refractivity contribution is 6.17. The van der Waals surface area contributed by atoms with E-state index in [0.717, 1.165) is 72.1 Å². The summed E-state index contributed by atoms with van der Waals surface area (Å²) in [4.78, 5) is 0. The molecule has 5 heteroatoms. The first kappa shape index (κ1) is 30.7. The molecule has 0 saturated carbocycles. The zero-order valence-electron chi connectivity index (χ0n) is 29.5. The fourth-order valence-corrected chi connectivity index (χ4v) is 8.77. The van der Waals surface area contributed by atoms with Crippen LogP contribution >= 0.6 is 0 Å². The van der Waals surface area contributed by atoms with Gasteiger partial charge in [0.25, 0.3) is 0 Å². The molecule has 0 N–H and O–H groups in total. The normalized spacial score (nSPS) is 11.6. The first-order chi connectivity index (χ1) is 27.2. The van der Waals surface area contributed by atoms with Crippen molar-refractivity contribution in [1.29, 1.82) is 10.5 Å². The summed E-state index contributed by atoms with van der Waals surface area (Å²) in [5.41, 5.74) is 12.7. The first-order valence-corrected chi connectivity index (χ1v) is 18.3. The molecule has 0 aliphatic carbocycles. The Morgan fingerprint density at radius 3 is 1.40 bits per heavy atom. The molecule has 0 aliphatic rings. The van der Waals surface area contributed by atoms with Crippen molar-refractivity contribution < 1.29 is 0 Å². The molecule has 0 aliphatic heterocycles. The van der Waals surface area contributed by atoms with Crippen LogP contribution in [-0.2, 0) is 0 Å². The summed E-state index contributed by atoms with van der Waals surface area (Å²) in [6.45, 7) is 0. The van der Waals surface area contributed by atoms with E-state index in [1.165, 1.54) is 21.5 Å². The maximum Gasteiger partial charge on any atom is 0.0991 e. The van der Waals surface area contributed by atoms with Crippen molar-refractivity contribution in [3.05, 3.63) is 187 Å². The van der Waals surface area contributed by atoms with Crippen LogP contribution < -0.4 is 0 Å². The molecule has 0 radical (unpaired) electrons. The Hall–Kier alpha value is -7.86. The molecule has 254 valence electrons. The highest BCUT2D eigenvalue weighted by Crippen LogP contribution is 2.42. The molecular formula is C50H29N5. The molecule has 0 atom stereocenters. The molecule has 0 amide bonds. The Kier molecular flexibility index (Phi) is 6.61. The number of aromatic nitrogens is 3. The first-order valence-electron chi connectivity index (χ1n) is 18.3. The van der Waals surface area contributed by atoms with Crippen LogP contribution in [0.4, 0.5) is 0 Å². The predicted octanol–water partition coefficient (Wildman–Crippen LogP) is 12.4. The Morgan fingerprint density at radius 1 is 0.345 bits per heavy atom. The lowest BCUT2D eigenvalue weighted by molar-refractivity contribution is 1.16. The number of rotatable bonds is 4. The minimum Gasteiger partial charge on any atom is -0.309 e. The topological polar surface area (TPSA) is 62.4 Å². The Bertz CT molecular complexity index is 3350. The van der Waals surface area contributed by atoms with Gasteiger partial charge in [-0.25, -0.2) is 0 Å². The van der Waals surface area contributed by atoms with E-state index >= 15 is 0 Å². The summed E-state index contributed by atoms with van der Waals surface area (Å²) < 4.78 is 6.96. The predicted molar refractivity (Wildman–Crippen MR) is 224 cm³/mol. The number of hydrogen-bond acceptors (Lipinski definition) is 2. The average Bonchev–Trinajstić information content (AvgIpc) is 3.89. The van der Waals surface area contributed by atoms with E-state index in [-0.39, 0.29) is 0 Å². The molecular weight excluding hydrogens is 671 g/mol. The van der Waals surface area contributed by atoms with Crippen LogP contribution in [0.2, 0.25) is 0 Å². The minimum atomic E-state index is 0.587. The fraction of sp³-hybridized carbons (Fsp3) is 0. The molecule has 11 rings (SSSR count). The lowest BCUT2D eigenvalue weighted by atomic mass is 10.00. The summed E-state index contributed by atoms with van der Waals surface area (Å²) in [5.74, 6) is 0. The van der Waals surface area contributed by atoms with E-state index in [1.807, 2.05) is 24.3 Å².